The van der Waals surface area contributed by atoms with Crippen LogP contribution in [0.15, 0.2) is 36.4 Å². The number of carbonyl (C=O) groups is 6. The highest BCUT2D eigenvalue weighted by atomic mass is 16.2. The number of carbonyl (C=O) groups excluding carboxylic acids is 6. The van der Waals surface area contributed by atoms with Crippen LogP contribution in [0.4, 0.5) is 10.5 Å². The maximum atomic E-state index is 12.8. The molecule has 0 fully saturated rings. The maximum absolute atomic E-state index is 12.8. The van der Waals surface area contributed by atoms with Gasteiger partial charge in [0, 0.05) is 43.1 Å². The Hall–Kier alpha value is -3.86. The molecule has 0 spiro atoms. The molecule has 34 heavy (non-hydrogen) atoms. The van der Waals surface area contributed by atoms with Crippen molar-refractivity contribution in [2.75, 3.05) is 18.4 Å². The van der Waals surface area contributed by atoms with Gasteiger partial charge in [-0.1, -0.05) is 12.1 Å². The molecule has 0 aromatic heterocycles. The van der Waals surface area contributed by atoms with Crippen LogP contribution in [0.1, 0.15) is 31.7 Å². The van der Waals surface area contributed by atoms with Gasteiger partial charge in [0.05, 0.1) is 12.6 Å². The quantitative estimate of drug-likeness (QED) is 0.231. The van der Waals surface area contributed by atoms with Gasteiger partial charge < -0.3 is 22.1 Å². The van der Waals surface area contributed by atoms with Gasteiger partial charge in [0.25, 0.3) is 11.8 Å². The maximum Gasteiger partial charge on any atom is 0.312 e. The Bertz CT molecular complexity index is 968. The van der Waals surface area contributed by atoms with Gasteiger partial charge in [-0.25, -0.2) is 4.79 Å². The number of nitrogens with two attached hydrogens (primary N) is 2. The number of imide groups is 1. The average molecular weight is 472 g/mol. The number of rotatable bonds is 13. The molecule has 0 bridgehead atoms. The minimum Gasteiger partial charge on any atom is -0.352 e. The van der Waals surface area contributed by atoms with Crippen molar-refractivity contribution < 1.29 is 28.8 Å². The second kappa shape index (κ2) is 12.4. The van der Waals surface area contributed by atoms with Gasteiger partial charge in [-0.2, -0.15) is 0 Å². The van der Waals surface area contributed by atoms with Crippen LogP contribution in [0.3, 0.4) is 0 Å². The first-order valence-electron chi connectivity index (χ1n) is 10.8. The van der Waals surface area contributed by atoms with E-state index in [1.165, 1.54) is 0 Å². The van der Waals surface area contributed by atoms with Crippen molar-refractivity contribution in [1.82, 2.24) is 10.2 Å². The number of urea groups is 1. The second-order valence-electron chi connectivity index (χ2n) is 8.09. The Balaban J connectivity index is 1.93. The minimum absolute atomic E-state index is 0.0175. The lowest BCUT2D eigenvalue weighted by Crippen LogP contribution is -2.35. The molecule has 2 atom stereocenters. The zero-order valence-corrected chi connectivity index (χ0v) is 18.9. The van der Waals surface area contributed by atoms with Crippen molar-refractivity contribution in [2.45, 2.75) is 38.6 Å². The van der Waals surface area contributed by atoms with Gasteiger partial charge in [-0.15, -0.1) is 0 Å². The van der Waals surface area contributed by atoms with Gasteiger partial charge in [0.15, 0.2) is 5.78 Å². The summed E-state index contributed by atoms with van der Waals surface area (Å²) < 4.78 is 0. The number of primary amides is 1. The van der Waals surface area contributed by atoms with Crippen LogP contribution in [0.2, 0.25) is 0 Å². The Morgan fingerprint density at radius 2 is 1.65 bits per heavy atom. The molecule has 1 heterocycles. The van der Waals surface area contributed by atoms with Crippen LogP contribution >= 0.6 is 0 Å². The average Bonchev–Trinajstić information content (AvgIpc) is 3.08. The Labute approximate surface area is 196 Å². The van der Waals surface area contributed by atoms with Crippen molar-refractivity contribution in [3.63, 3.8) is 0 Å². The van der Waals surface area contributed by atoms with Gasteiger partial charge in [-0.05, 0) is 37.5 Å². The Kier molecular flexibility index (Phi) is 9.62. The molecule has 1 aromatic rings. The molecule has 0 aliphatic carbocycles. The molecule has 1 aliphatic rings. The third-order valence-electron chi connectivity index (χ3n) is 5.21. The summed E-state index contributed by atoms with van der Waals surface area (Å²) >= 11 is 0. The van der Waals surface area contributed by atoms with Crippen molar-refractivity contribution in [3.8, 4) is 0 Å². The molecular formula is C23H29N5O6. The van der Waals surface area contributed by atoms with E-state index in [1.807, 2.05) is 0 Å². The normalized spacial score (nSPS) is 14.6. The van der Waals surface area contributed by atoms with Crippen LogP contribution in [-0.4, -0.2) is 59.4 Å². The molecule has 6 N–H and O–H groups in total. The number of amides is 5. The molecule has 182 valence electrons. The van der Waals surface area contributed by atoms with Crippen LogP contribution in [-0.2, 0) is 30.4 Å². The molecule has 1 aliphatic heterocycles. The molecule has 5 amide bonds. The van der Waals surface area contributed by atoms with E-state index in [2.05, 4.69) is 10.6 Å². The number of nitrogens with zero attached hydrogens (tertiary/aromatic N) is 1. The molecule has 11 heteroatoms. The van der Waals surface area contributed by atoms with E-state index >= 15 is 0 Å². The van der Waals surface area contributed by atoms with E-state index in [1.54, 1.807) is 31.2 Å². The molecule has 0 radical (unpaired) electrons. The van der Waals surface area contributed by atoms with Crippen LogP contribution in [0.25, 0.3) is 0 Å². The summed E-state index contributed by atoms with van der Waals surface area (Å²) in [7, 11) is 0. The molecule has 0 saturated carbocycles. The predicted molar refractivity (Wildman–Crippen MR) is 123 cm³/mol. The summed E-state index contributed by atoms with van der Waals surface area (Å²) in [6.45, 7) is 1.53. The number of anilines is 1. The summed E-state index contributed by atoms with van der Waals surface area (Å²) in [4.78, 5) is 71.9. The number of hydrogen-bond donors (Lipinski definition) is 4. The summed E-state index contributed by atoms with van der Waals surface area (Å²) in [5, 5.41) is 5.19. The highest BCUT2D eigenvalue weighted by molar-refractivity contribution is 6.14. The first-order valence-corrected chi connectivity index (χ1v) is 10.8. The molecule has 0 saturated heterocycles. The fourth-order valence-electron chi connectivity index (χ4n) is 3.31. The first-order chi connectivity index (χ1) is 16.1. The van der Waals surface area contributed by atoms with Gasteiger partial charge >= 0.3 is 6.03 Å². The third kappa shape index (κ3) is 8.24. The lowest BCUT2D eigenvalue weighted by Gasteiger charge is -2.17. The van der Waals surface area contributed by atoms with Gasteiger partial charge in [-0.3, -0.25) is 28.9 Å². The lowest BCUT2D eigenvalue weighted by molar-refractivity contribution is -0.140. The van der Waals surface area contributed by atoms with Crippen molar-refractivity contribution >= 4 is 41.0 Å². The summed E-state index contributed by atoms with van der Waals surface area (Å²) in [5.74, 6) is -2.59. The van der Waals surface area contributed by atoms with E-state index in [9.17, 15) is 28.8 Å². The van der Waals surface area contributed by atoms with E-state index in [4.69, 9.17) is 11.5 Å². The number of ketones is 2. The van der Waals surface area contributed by atoms with Crippen molar-refractivity contribution in [3.05, 3.63) is 42.0 Å². The predicted octanol–water partition coefficient (Wildman–Crippen LogP) is 0.0328. The van der Waals surface area contributed by atoms with Crippen molar-refractivity contribution in [2.24, 2.45) is 17.4 Å². The number of hydrogen-bond acceptors (Lipinski definition) is 7. The summed E-state index contributed by atoms with van der Waals surface area (Å²) in [5.41, 5.74) is 11.8. The minimum atomic E-state index is -0.696. The zero-order valence-electron chi connectivity index (χ0n) is 18.9. The van der Waals surface area contributed by atoms with E-state index in [-0.39, 0.29) is 43.4 Å². The standard InChI is InChI=1S/C23H29N5O6/c1-14(24)19(30)12-16(3-2-10-26-23(25)34)22(33)27-17-6-4-15(5-7-17)11-18(29)13-28-20(31)8-9-21(28)32/h4-9,14,16H,2-3,10-13,24H2,1H3,(H,27,33)(H3,25,26,34)/t14-,16+/m0/s1. The fourth-order valence-corrected chi connectivity index (χ4v) is 3.31. The highest BCUT2D eigenvalue weighted by Crippen LogP contribution is 2.18. The van der Waals surface area contributed by atoms with Crippen LogP contribution in [0, 0.1) is 5.92 Å². The van der Waals surface area contributed by atoms with E-state index in [0.29, 0.717) is 24.1 Å². The number of benzene rings is 1. The molecule has 0 unspecified atom stereocenters. The Morgan fingerprint density at radius 1 is 1.03 bits per heavy atom. The zero-order chi connectivity index (χ0) is 25.3. The number of nitrogens with one attached hydrogen (secondary N) is 2. The summed E-state index contributed by atoms with van der Waals surface area (Å²) in [6, 6.07) is 5.18. The highest BCUT2D eigenvalue weighted by Gasteiger charge is 2.26. The molecular weight excluding hydrogens is 442 g/mol. The smallest absolute Gasteiger partial charge is 0.312 e. The molecule has 1 aromatic carbocycles. The molecule has 11 nitrogen and oxygen atoms in total. The topological polar surface area (TPSA) is 182 Å². The third-order valence-corrected chi connectivity index (χ3v) is 5.21. The van der Waals surface area contributed by atoms with Gasteiger partial charge in [0.2, 0.25) is 5.91 Å². The van der Waals surface area contributed by atoms with Crippen molar-refractivity contribution in [1.29, 1.82) is 0 Å². The first kappa shape index (κ1) is 26.4. The Morgan fingerprint density at radius 3 is 2.21 bits per heavy atom. The van der Waals surface area contributed by atoms with E-state index in [0.717, 1.165) is 17.1 Å². The van der Waals surface area contributed by atoms with Crippen LogP contribution in [0.5, 0.6) is 0 Å². The summed E-state index contributed by atoms with van der Waals surface area (Å²) in [6.07, 6.45) is 3.03. The SMILES string of the molecule is C[C@H](N)C(=O)C[C@@H](CCCNC(N)=O)C(=O)Nc1ccc(CC(=O)CN2C(=O)C=CC2=O)cc1. The fraction of sp³-hybridized carbons (Fsp3) is 0.391. The molecule has 2 rings (SSSR count). The number of Topliss-reactive ketones (excluding diaryl/α,β-unsaturated/α-hetero) is 2. The van der Waals surface area contributed by atoms with Crippen LogP contribution < -0.4 is 22.1 Å². The monoisotopic (exact) mass is 471 g/mol. The van der Waals surface area contributed by atoms with Gasteiger partial charge in [0.1, 0.15) is 5.78 Å². The lowest BCUT2D eigenvalue weighted by atomic mass is 9.93. The second-order valence-corrected chi connectivity index (χ2v) is 8.09. The largest absolute Gasteiger partial charge is 0.352 e. The van der Waals surface area contributed by atoms with E-state index < -0.39 is 29.8 Å².